The van der Waals surface area contributed by atoms with Crippen LogP contribution in [0.25, 0.3) is 0 Å². The third-order valence-electron chi connectivity index (χ3n) is 6.32. The maximum absolute atomic E-state index is 14.8. The highest BCUT2D eigenvalue weighted by Gasteiger charge is 2.84. The summed E-state index contributed by atoms with van der Waals surface area (Å²) in [6.07, 6.45) is -0.457. The summed E-state index contributed by atoms with van der Waals surface area (Å²) in [7, 11) is 0. The van der Waals surface area contributed by atoms with Gasteiger partial charge in [-0.2, -0.15) is 17.6 Å². The van der Waals surface area contributed by atoms with Crippen LogP contribution in [0.4, 0.5) is 17.6 Å². The molecule has 0 heterocycles. The van der Waals surface area contributed by atoms with Crippen molar-refractivity contribution in [2.45, 2.75) is 50.6 Å². The topological polar surface area (TPSA) is 44.8 Å². The lowest BCUT2D eigenvalue weighted by molar-refractivity contribution is -0.323. The van der Waals surface area contributed by atoms with Crippen molar-refractivity contribution in [3.8, 4) is 17.2 Å². The van der Waals surface area contributed by atoms with E-state index < -0.39 is 29.7 Å². The Hall–Kier alpha value is -3.55. The number of hydrogen-bond donors (Lipinski definition) is 0. The second-order valence-electron chi connectivity index (χ2n) is 8.64. The second-order valence-corrected chi connectivity index (χ2v) is 8.64. The Balaban J connectivity index is 1.51. The third kappa shape index (κ3) is 4.52. The van der Waals surface area contributed by atoms with Gasteiger partial charge in [-0.05, 0) is 66.4 Å². The molecule has 0 aromatic heterocycles. The molecule has 0 saturated heterocycles. The Morgan fingerprint density at radius 2 is 1.50 bits per heavy atom. The van der Waals surface area contributed by atoms with E-state index in [1.165, 1.54) is 24.3 Å². The number of rotatable bonds is 9. The number of halogens is 4. The van der Waals surface area contributed by atoms with E-state index in [2.05, 4.69) is 0 Å². The molecule has 190 valence electrons. The summed E-state index contributed by atoms with van der Waals surface area (Å²) in [5.41, 5.74) is -1.43. The summed E-state index contributed by atoms with van der Waals surface area (Å²) in [6, 6.07) is 19.2. The van der Waals surface area contributed by atoms with Crippen LogP contribution in [0.1, 0.15) is 37.0 Å². The zero-order valence-corrected chi connectivity index (χ0v) is 19.9. The standard InChI is InChI=1S/C28H26F4O4/c1-3-19-8-12-23(13-9-19)36-24-7-5-6-20(16-24)17-35-25(33)26(18-27(29,30)28(26,31)32)21-10-14-22(15-11-21)34-4-2/h5-16H,3-4,17-18H2,1-2H3. The highest BCUT2D eigenvalue weighted by molar-refractivity contribution is 5.87. The van der Waals surface area contributed by atoms with Crippen molar-refractivity contribution in [1.82, 2.24) is 0 Å². The molecule has 3 aromatic rings. The Labute approximate surface area is 206 Å². The number of alkyl halides is 4. The van der Waals surface area contributed by atoms with E-state index in [-0.39, 0.29) is 12.2 Å². The van der Waals surface area contributed by atoms with E-state index >= 15 is 0 Å². The van der Waals surface area contributed by atoms with Gasteiger partial charge in [-0.1, -0.05) is 43.3 Å². The molecule has 0 radical (unpaired) electrons. The fourth-order valence-electron chi connectivity index (χ4n) is 4.26. The number of ether oxygens (including phenoxy) is 3. The van der Waals surface area contributed by atoms with Crippen molar-refractivity contribution >= 4 is 5.97 Å². The summed E-state index contributed by atoms with van der Waals surface area (Å²) >= 11 is 0. The summed E-state index contributed by atoms with van der Waals surface area (Å²) in [6.45, 7) is 3.75. The van der Waals surface area contributed by atoms with Crippen molar-refractivity contribution in [2.75, 3.05) is 6.61 Å². The predicted molar refractivity (Wildman–Crippen MR) is 126 cm³/mol. The van der Waals surface area contributed by atoms with Gasteiger partial charge in [-0.15, -0.1) is 0 Å². The van der Waals surface area contributed by atoms with E-state index in [9.17, 15) is 22.4 Å². The lowest BCUT2D eigenvalue weighted by atomic mass is 9.58. The molecular formula is C28H26F4O4. The van der Waals surface area contributed by atoms with Gasteiger partial charge in [0.2, 0.25) is 0 Å². The molecular weight excluding hydrogens is 476 g/mol. The van der Waals surface area contributed by atoms with Crippen LogP contribution in [0, 0.1) is 0 Å². The quantitative estimate of drug-likeness (QED) is 0.231. The summed E-state index contributed by atoms with van der Waals surface area (Å²) in [4.78, 5) is 13.0. The molecule has 3 aromatic carbocycles. The zero-order chi connectivity index (χ0) is 26.0. The van der Waals surface area contributed by atoms with Gasteiger partial charge in [0.05, 0.1) is 6.61 Å². The van der Waals surface area contributed by atoms with E-state index in [0.717, 1.165) is 12.0 Å². The van der Waals surface area contributed by atoms with Gasteiger partial charge < -0.3 is 14.2 Å². The molecule has 0 amide bonds. The van der Waals surface area contributed by atoms with Crippen LogP contribution < -0.4 is 9.47 Å². The minimum Gasteiger partial charge on any atom is -0.494 e. The van der Waals surface area contributed by atoms with Crippen LogP contribution in [0.2, 0.25) is 0 Å². The lowest BCUT2D eigenvalue weighted by Gasteiger charge is -2.51. The average Bonchev–Trinajstić information content (AvgIpc) is 2.87. The van der Waals surface area contributed by atoms with Crippen molar-refractivity contribution in [1.29, 1.82) is 0 Å². The van der Waals surface area contributed by atoms with Crippen LogP contribution in [0.15, 0.2) is 72.8 Å². The van der Waals surface area contributed by atoms with Crippen molar-refractivity contribution < 1.29 is 36.6 Å². The minimum absolute atomic E-state index is 0.250. The molecule has 36 heavy (non-hydrogen) atoms. The highest BCUT2D eigenvalue weighted by atomic mass is 19.3. The molecule has 1 atom stereocenters. The van der Waals surface area contributed by atoms with Crippen molar-refractivity contribution in [3.05, 3.63) is 89.5 Å². The van der Waals surface area contributed by atoms with Crippen LogP contribution in [0.5, 0.6) is 17.2 Å². The molecule has 1 fully saturated rings. The number of carbonyl (C=O) groups is 1. The summed E-state index contributed by atoms with van der Waals surface area (Å²) in [5, 5.41) is 0. The Kier molecular flexibility index (Phi) is 6.98. The first-order chi connectivity index (χ1) is 17.1. The summed E-state index contributed by atoms with van der Waals surface area (Å²) in [5.74, 6) is -8.92. The van der Waals surface area contributed by atoms with Gasteiger partial charge >= 0.3 is 17.8 Å². The molecule has 4 rings (SSSR count). The van der Waals surface area contributed by atoms with Crippen molar-refractivity contribution in [2.24, 2.45) is 0 Å². The molecule has 0 N–H and O–H groups in total. The van der Waals surface area contributed by atoms with E-state index in [1.54, 1.807) is 31.2 Å². The fourth-order valence-corrected chi connectivity index (χ4v) is 4.26. The van der Waals surface area contributed by atoms with Gasteiger partial charge in [0.25, 0.3) is 0 Å². The van der Waals surface area contributed by atoms with Gasteiger partial charge in [0, 0.05) is 6.42 Å². The molecule has 1 aliphatic carbocycles. The minimum atomic E-state index is -4.61. The molecule has 1 saturated carbocycles. The molecule has 1 aliphatic rings. The molecule has 1 unspecified atom stereocenters. The number of esters is 1. The second kappa shape index (κ2) is 9.84. The maximum atomic E-state index is 14.8. The SMILES string of the molecule is CCOc1ccc(C2(C(=O)OCc3cccc(Oc4ccc(CC)cc4)c3)CC(F)(F)C2(F)F)cc1. The Bertz CT molecular complexity index is 1210. The van der Waals surface area contributed by atoms with E-state index in [0.29, 0.717) is 29.4 Å². The molecule has 0 spiro atoms. The van der Waals surface area contributed by atoms with Crippen LogP contribution >= 0.6 is 0 Å². The van der Waals surface area contributed by atoms with Crippen LogP contribution in [0.3, 0.4) is 0 Å². The van der Waals surface area contributed by atoms with Gasteiger partial charge in [0.15, 0.2) is 5.41 Å². The van der Waals surface area contributed by atoms with Gasteiger partial charge in [-0.3, -0.25) is 4.79 Å². The number of hydrogen-bond acceptors (Lipinski definition) is 4. The normalized spacial score (nSPS) is 19.7. The predicted octanol–water partition coefficient (Wildman–Crippen LogP) is 7.10. The fraction of sp³-hybridized carbons (Fsp3) is 0.321. The van der Waals surface area contributed by atoms with Gasteiger partial charge in [0.1, 0.15) is 23.9 Å². The molecule has 0 bridgehead atoms. The van der Waals surface area contributed by atoms with Gasteiger partial charge in [-0.25, -0.2) is 0 Å². The van der Waals surface area contributed by atoms with Crippen LogP contribution in [-0.2, 0) is 28.0 Å². The first-order valence-electron chi connectivity index (χ1n) is 11.6. The average molecular weight is 503 g/mol. The number of benzene rings is 3. The number of aryl methyl sites for hydroxylation is 1. The smallest absolute Gasteiger partial charge is 0.330 e. The lowest BCUT2D eigenvalue weighted by Crippen LogP contribution is -2.72. The van der Waals surface area contributed by atoms with Crippen molar-refractivity contribution in [3.63, 3.8) is 0 Å². The maximum Gasteiger partial charge on any atom is 0.330 e. The molecule has 4 nitrogen and oxygen atoms in total. The first-order valence-corrected chi connectivity index (χ1v) is 11.6. The number of carbonyl (C=O) groups excluding carboxylic acids is 1. The zero-order valence-electron chi connectivity index (χ0n) is 19.9. The molecule has 0 aliphatic heterocycles. The molecule has 8 heteroatoms. The third-order valence-corrected chi connectivity index (χ3v) is 6.32. The Morgan fingerprint density at radius 3 is 2.08 bits per heavy atom. The first kappa shape index (κ1) is 25.5. The van der Waals surface area contributed by atoms with Crippen LogP contribution in [-0.4, -0.2) is 24.4 Å². The van der Waals surface area contributed by atoms with E-state index in [4.69, 9.17) is 14.2 Å². The largest absolute Gasteiger partial charge is 0.494 e. The highest BCUT2D eigenvalue weighted by Crippen LogP contribution is 2.64. The monoisotopic (exact) mass is 502 g/mol. The van der Waals surface area contributed by atoms with E-state index in [1.807, 2.05) is 31.2 Å². The Morgan fingerprint density at radius 1 is 0.833 bits per heavy atom. The summed E-state index contributed by atoms with van der Waals surface area (Å²) < 4.78 is 73.8.